The molecule has 4 atom stereocenters. The molecule has 0 spiro atoms. The van der Waals surface area contributed by atoms with E-state index in [2.05, 4.69) is 13.8 Å². The van der Waals surface area contributed by atoms with Gasteiger partial charge in [0.05, 0.1) is 6.10 Å². The average Bonchev–Trinajstić information content (AvgIpc) is 2.49. The second-order valence-electron chi connectivity index (χ2n) is 5.57. The van der Waals surface area contributed by atoms with Crippen LogP contribution in [0, 0.1) is 11.8 Å². The van der Waals surface area contributed by atoms with Gasteiger partial charge >= 0.3 is 0 Å². The van der Waals surface area contributed by atoms with Gasteiger partial charge < -0.3 is 9.84 Å². The highest BCUT2D eigenvalue weighted by Crippen LogP contribution is 2.38. The number of rotatable bonds is 5. The summed E-state index contributed by atoms with van der Waals surface area (Å²) in [7, 11) is 1.60. The van der Waals surface area contributed by atoms with Gasteiger partial charge in [-0.2, -0.15) is 0 Å². The Bertz CT molecular complexity index is 222. The normalized spacial score (nSPS) is 36.5. The van der Waals surface area contributed by atoms with Gasteiger partial charge in [0, 0.05) is 7.11 Å². The first-order valence-electron chi connectivity index (χ1n) is 6.90. The first-order valence-corrected chi connectivity index (χ1v) is 6.90. The molecule has 1 rings (SSSR count). The summed E-state index contributed by atoms with van der Waals surface area (Å²) in [6.45, 7) is 3.67. The van der Waals surface area contributed by atoms with Gasteiger partial charge in [0.15, 0.2) is 0 Å². The monoisotopic (exact) mass is 246 g/mol. The van der Waals surface area contributed by atoms with Crippen molar-refractivity contribution in [3.63, 3.8) is 0 Å². The van der Waals surface area contributed by atoms with Gasteiger partial charge in [-0.25, -0.2) is 4.39 Å². The molecule has 1 fully saturated rings. The highest BCUT2D eigenvalue weighted by Gasteiger charge is 2.44. The van der Waals surface area contributed by atoms with Crippen LogP contribution in [0.5, 0.6) is 0 Å². The molecule has 0 heterocycles. The number of ether oxygens (including phenoxy) is 1. The molecular weight excluding hydrogens is 219 g/mol. The van der Waals surface area contributed by atoms with Crippen LogP contribution in [0.25, 0.3) is 0 Å². The fraction of sp³-hybridized carbons (Fsp3) is 1.00. The molecular formula is C14H27FO2. The number of alkyl halides is 1. The van der Waals surface area contributed by atoms with Crippen molar-refractivity contribution in [1.82, 2.24) is 0 Å². The third kappa shape index (κ3) is 3.41. The summed E-state index contributed by atoms with van der Waals surface area (Å²) in [6, 6.07) is 0. The van der Waals surface area contributed by atoms with E-state index < -0.39 is 12.3 Å². The molecule has 102 valence electrons. The molecule has 0 aromatic carbocycles. The largest absolute Gasteiger partial charge is 0.384 e. The minimum absolute atomic E-state index is 0.281. The molecule has 1 N–H and O–H groups in total. The minimum atomic E-state index is -1.27. The molecule has 1 aliphatic rings. The zero-order chi connectivity index (χ0) is 12.9. The van der Waals surface area contributed by atoms with E-state index >= 15 is 0 Å². The molecule has 0 amide bonds. The topological polar surface area (TPSA) is 29.5 Å². The van der Waals surface area contributed by atoms with Crippen molar-refractivity contribution in [2.75, 3.05) is 13.8 Å². The van der Waals surface area contributed by atoms with Crippen molar-refractivity contribution in [1.29, 1.82) is 0 Å². The molecule has 0 saturated heterocycles. The predicted molar refractivity (Wildman–Crippen MR) is 67.8 cm³/mol. The zero-order valence-electron chi connectivity index (χ0n) is 11.4. The predicted octanol–water partition coefficient (Wildman–Crippen LogP) is 3.33. The fourth-order valence-electron chi connectivity index (χ4n) is 3.29. The van der Waals surface area contributed by atoms with Crippen LogP contribution < -0.4 is 0 Å². The molecule has 3 heteroatoms. The average molecular weight is 246 g/mol. The second-order valence-corrected chi connectivity index (χ2v) is 5.57. The maximum Gasteiger partial charge on any atom is 0.121 e. The highest BCUT2D eigenvalue weighted by atomic mass is 19.1. The molecule has 1 unspecified atom stereocenters. The smallest absolute Gasteiger partial charge is 0.121 e. The highest BCUT2D eigenvalue weighted by molar-refractivity contribution is 4.95. The number of halogens is 1. The van der Waals surface area contributed by atoms with Crippen LogP contribution in [0.15, 0.2) is 0 Å². The van der Waals surface area contributed by atoms with Gasteiger partial charge in [0.2, 0.25) is 0 Å². The van der Waals surface area contributed by atoms with Crippen molar-refractivity contribution >= 4 is 0 Å². The molecule has 2 nitrogen and oxygen atoms in total. The number of methoxy groups -OCH3 is 1. The van der Waals surface area contributed by atoms with Crippen LogP contribution in [0.1, 0.15) is 52.4 Å². The molecule has 0 bridgehead atoms. The van der Waals surface area contributed by atoms with Crippen molar-refractivity contribution < 1.29 is 14.2 Å². The van der Waals surface area contributed by atoms with E-state index in [1.54, 1.807) is 7.11 Å². The quantitative estimate of drug-likeness (QED) is 0.754. The minimum Gasteiger partial charge on any atom is -0.384 e. The van der Waals surface area contributed by atoms with Gasteiger partial charge in [0.25, 0.3) is 0 Å². The molecule has 1 aliphatic carbocycles. The van der Waals surface area contributed by atoms with Crippen molar-refractivity contribution in [3.05, 3.63) is 0 Å². The van der Waals surface area contributed by atoms with Crippen LogP contribution in [-0.4, -0.2) is 30.6 Å². The number of aliphatic hydroxyl groups is 1. The van der Waals surface area contributed by atoms with E-state index in [-0.39, 0.29) is 12.0 Å². The van der Waals surface area contributed by atoms with Crippen LogP contribution >= 0.6 is 0 Å². The molecule has 0 aromatic heterocycles. The van der Waals surface area contributed by atoms with Crippen LogP contribution in [0.4, 0.5) is 4.39 Å². The summed E-state index contributed by atoms with van der Waals surface area (Å²) in [6.07, 6.45) is 5.43. The Morgan fingerprint density at radius 2 is 2.18 bits per heavy atom. The van der Waals surface area contributed by atoms with Gasteiger partial charge in [-0.15, -0.1) is 0 Å². The van der Waals surface area contributed by atoms with E-state index in [1.807, 2.05) is 0 Å². The third-order valence-electron chi connectivity index (χ3n) is 4.28. The van der Waals surface area contributed by atoms with Gasteiger partial charge in [-0.3, -0.25) is 0 Å². The number of hydrogen-bond acceptors (Lipinski definition) is 2. The Morgan fingerprint density at radius 3 is 2.71 bits per heavy atom. The Balaban J connectivity index is 2.85. The van der Waals surface area contributed by atoms with E-state index in [0.717, 1.165) is 32.1 Å². The lowest BCUT2D eigenvalue weighted by Crippen LogP contribution is -2.50. The summed E-state index contributed by atoms with van der Waals surface area (Å²) >= 11 is 0. The first-order chi connectivity index (χ1) is 8.09. The lowest BCUT2D eigenvalue weighted by molar-refractivity contribution is -0.136. The lowest BCUT2D eigenvalue weighted by Gasteiger charge is -2.38. The number of hydrogen-bond donors (Lipinski definition) is 1. The Kier molecular flexibility index (Phi) is 5.87. The summed E-state index contributed by atoms with van der Waals surface area (Å²) < 4.78 is 18.6. The lowest BCUT2D eigenvalue weighted by atomic mass is 9.78. The SMILES string of the molecule is CCC[C@H](C)[C@@H]1CCCC[C@@](O)(CF)C1OC. The van der Waals surface area contributed by atoms with E-state index in [9.17, 15) is 9.50 Å². The Morgan fingerprint density at radius 1 is 1.47 bits per heavy atom. The van der Waals surface area contributed by atoms with E-state index in [4.69, 9.17) is 4.74 Å². The van der Waals surface area contributed by atoms with E-state index in [1.165, 1.54) is 0 Å². The Hall–Kier alpha value is -0.150. The third-order valence-corrected chi connectivity index (χ3v) is 4.28. The summed E-state index contributed by atoms with van der Waals surface area (Å²) in [4.78, 5) is 0. The van der Waals surface area contributed by atoms with Crippen molar-refractivity contribution in [2.45, 2.75) is 64.1 Å². The van der Waals surface area contributed by atoms with Crippen molar-refractivity contribution in [3.8, 4) is 0 Å². The zero-order valence-corrected chi connectivity index (χ0v) is 11.4. The maximum absolute atomic E-state index is 13.2. The fourth-order valence-corrected chi connectivity index (χ4v) is 3.29. The second kappa shape index (κ2) is 6.69. The van der Waals surface area contributed by atoms with E-state index in [0.29, 0.717) is 12.3 Å². The molecule has 1 saturated carbocycles. The molecule has 17 heavy (non-hydrogen) atoms. The van der Waals surface area contributed by atoms with Gasteiger partial charge in [0.1, 0.15) is 12.3 Å². The summed E-state index contributed by atoms with van der Waals surface area (Å²) in [5.41, 5.74) is -1.27. The Labute approximate surface area is 105 Å². The first kappa shape index (κ1) is 14.9. The summed E-state index contributed by atoms with van der Waals surface area (Å²) in [5, 5.41) is 10.4. The summed E-state index contributed by atoms with van der Waals surface area (Å²) in [5.74, 6) is 0.768. The van der Waals surface area contributed by atoms with Crippen molar-refractivity contribution in [2.24, 2.45) is 11.8 Å². The molecule has 0 radical (unpaired) electrons. The van der Waals surface area contributed by atoms with Crippen LogP contribution in [-0.2, 0) is 4.74 Å². The standard InChI is InChI=1S/C14H27FO2/c1-4-7-11(2)12-8-5-6-9-14(16,10-15)13(12)17-3/h11-13,16H,4-10H2,1-3H3/t11-,12-,13?,14+/m0/s1. The molecule has 0 aliphatic heterocycles. The van der Waals surface area contributed by atoms with Gasteiger partial charge in [-0.1, -0.05) is 39.5 Å². The van der Waals surface area contributed by atoms with Crippen LogP contribution in [0.2, 0.25) is 0 Å². The van der Waals surface area contributed by atoms with Gasteiger partial charge in [-0.05, 0) is 24.7 Å². The maximum atomic E-state index is 13.2. The van der Waals surface area contributed by atoms with Crippen LogP contribution in [0.3, 0.4) is 0 Å². The molecule has 0 aromatic rings.